The van der Waals surface area contributed by atoms with Crippen LogP contribution in [0, 0.1) is 0 Å². The van der Waals surface area contributed by atoms with Crippen molar-refractivity contribution < 1.29 is 4.52 Å². The van der Waals surface area contributed by atoms with Gasteiger partial charge in [-0.3, -0.25) is 9.69 Å². The van der Waals surface area contributed by atoms with Gasteiger partial charge in [0.05, 0.1) is 12.1 Å². The van der Waals surface area contributed by atoms with Crippen molar-refractivity contribution >= 4 is 0 Å². The van der Waals surface area contributed by atoms with Crippen LogP contribution in [0.5, 0.6) is 0 Å². The topological polar surface area (TPSA) is 75.0 Å². The van der Waals surface area contributed by atoms with E-state index in [4.69, 9.17) is 4.52 Å². The van der Waals surface area contributed by atoms with Crippen molar-refractivity contribution in [3.05, 3.63) is 33.6 Å². The second-order valence-electron chi connectivity index (χ2n) is 6.76. The Morgan fingerprint density at radius 1 is 1.48 bits per heavy atom. The highest BCUT2D eigenvalue weighted by atomic mass is 16.5. The van der Waals surface area contributed by atoms with Crippen molar-refractivity contribution in [2.75, 3.05) is 7.05 Å². The highest BCUT2D eigenvalue weighted by Gasteiger charge is 2.21. The smallest absolute Gasteiger partial charge is 0.259 e. The largest absolute Gasteiger partial charge is 0.338 e. The van der Waals surface area contributed by atoms with Gasteiger partial charge in [-0.1, -0.05) is 12.1 Å². The normalized spacial score (nSPS) is 17.7. The van der Waals surface area contributed by atoms with Crippen LogP contribution in [0.25, 0.3) is 11.4 Å². The van der Waals surface area contributed by atoms with Gasteiger partial charge in [0.2, 0.25) is 11.7 Å². The van der Waals surface area contributed by atoms with Crippen LogP contribution in [0.1, 0.15) is 56.7 Å². The van der Waals surface area contributed by atoms with E-state index in [1.807, 2.05) is 13.1 Å². The molecule has 6 heteroatoms. The summed E-state index contributed by atoms with van der Waals surface area (Å²) in [7, 11) is 2.00. The maximum Gasteiger partial charge on any atom is 0.259 e. The molecule has 0 amide bonds. The standard InChI is InChI=1S/C17H24N4O2/c1-10(2)21(4)9-14-18-16(20-23-14)13-8-12-7-5-6-11(3)15(12)19-17(13)22/h8,10-11H,5-7,9H2,1-4H3,(H,19,22)/t11-/m0/s1. The van der Waals surface area contributed by atoms with Gasteiger partial charge >= 0.3 is 0 Å². The maximum absolute atomic E-state index is 12.4. The average molecular weight is 316 g/mol. The molecule has 23 heavy (non-hydrogen) atoms. The van der Waals surface area contributed by atoms with Crippen molar-refractivity contribution in [1.29, 1.82) is 0 Å². The summed E-state index contributed by atoms with van der Waals surface area (Å²) in [6.07, 6.45) is 3.26. The number of hydrogen-bond acceptors (Lipinski definition) is 5. The average Bonchev–Trinajstić information content (AvgIpc) is 2.96. The fourth-order valence-corrected chi connectivity index (χ4v) is 2.97. The molecule has 2 heterocycles. The number of nitrogens with zero attached hydrogens (tertiary/aromatic N) is 3. The fraction of sp³-hybridized carbons (Fsp3) is 0.588. The first-order chi connectivity index (χ1) is 11.0. The van der Waals surface area contributed by atoms with E-state index in [-0.39, 0.29) is 5.56 Å². The Morgan fingerprint density at radius 2 is 2.26 bits per heavy atom. The predicted molar refractivity (Wildman–Crippen MR) is 88.3 cm³/mol. The van der Waals surface area contributed by atoms with Crippen LogP contribution < -0.4 is 5.56 Å². The maximum atomic E-state index is 12.4. The van der Waals surface area contributed by atoms with Crippen molar-refractivity contribution in [2.24, 2.45) is 0 Å². The summed E-state index contributed by atoms with van der Waals surface area (Å²) in [5.41, 5.74) is 2.62. The monoisotopic (exact) mass is 316 g/mol. The van der Waals surface area contributed by atoms with Crippen molar-refractivity contribution in [2.45, 2.75) is 58.5 Å². The lowest BCUT2D eigenvalue weighted by molar-refractivity contribution is 0.226. The van der Waals surface area contributed by atoms with Crippen LogP contribution >= 0.6 is 0 Å². The second-order valence-corrected chi connectivity index (χ2v) is 6.76. The summed E-state index contributed by atoms with van der Waals surface area (Å²) in [5, 5.41) is 3.99. The molecule has 3 rings (SSSR count). The number of aromatic nitrogens is 3. The molecule has 0 aliphatic heterocycles. The molecule has 0 spiro atoms. The van der Waals surface area contributed by atoms with E-state index < -0.39 is 0 Å². The van der Waals surface area contributed by atoms with Crippen molar-refractivity contribution in [3.8, 4) is 11.4 Å². The van der Waals surface area contributed by atoms with Crippen LogP contribution in [-0.4, -0.2) is 33.1 Å². The van der Waals surface area contributed by atoms with Crippen LogP contribution in [0.3, 0.4) is 0 Å². The summed E-state index contributed by atoms with van der Waals surface area (Å²) in [5.74, 6) is 1.31. The first-order valence-corrected chi connectivity index (χ1v) is 8.25. The lowest BCUT2D eigenvalue weighted by Crippen LogP contribution is -2.25. The summed E-state index contributed by atoms with van der Waals surface area (Å²) in [6, 6.07) is 2.32. The zero-order valence-corrected chi connectivity index (χ0v) is 14.2. The SMILES string of the molecule is CC(C)N(C)Cc1nc(-c2cc3c([nH]c2=O)[C@@H](C)CCC3)no1. The summed E-state index contributed by atoms with van der Waals surface area (Å²) in [6.45, 7) is 6.94. The predicted octanol–water partition coefficient (Wildman–Crippen LogP) is 2.70. The molecule has 2 aromatic heterocycles. The van der Waals surface area contributed by atoms with Gasteiger partial charge in [0, 0.05) is 11.7 Å². The Hall–Kier alpha value is -1.95. The first-order valence-electron chi connectivity index (χ1n) is 8.25. The van der Waals surface area contributed by atoms with Crippen LogP contribution in [0.2, 0.25) is 0 Å². The molecule has 0 bridgehead atoms. The van der Waals surface area contributed by atoms with Gasteiger partial charge in [0.25, 0.3) is 5.56 Å². The van der Waals surface area contributed by atoms with Gasteiger partial charge in [-0.05, 0) is 57.7 Å². The van der Waals surface area contributed by atoms with Crippen LogP contribution in [0.4, 0.5) is 0 Å². The number of aromatic amines is 1. The summed E-state index contributed by atoms with van der Waals surface area (Å²) in [4.78, 5) is 21.9. The summed E-state index contributed by atoms with van der Waals surface area (Å²) < 4.78 is 5.30. The Kier molecular flexibility index (Phi) is 4.35. The highest BCUT2D eigenvalue weighted by molar-refractivity contribution is 5.55. The Morgan fingerprint density at radius 3 is 3.00 bits per heavy atom. The molecular weight excluding hydrogens is 292 g/mol. The Bertz CT molecular complexity index is 747. The van der Waals surface area contributed by atoms with Gasteiger partial charge in [-0.2, -0.15) is 4.98 Å². The lowest BCUT2D eigenvalue weighted by atomic mass is 9.87. The zero-order valence-electron chi connectivity index (χ0n) is 14.2. The van der Waals surface area contributed by atoms with Crippen molar-refractivity contribution in [3.63, 3.8) is 0 Å². The number of fused-ring (bicyclic) bond motifs is 1. The molecular formula is C17H24N4O2. The molecule has 2 aromatic rings. The molecule has 0 fully saturated rings. The van der Waals surface area contributed by atoms with E-state index in [1.165, 1.54) is 5.56 Å². The molecule has 1 N–H and O–H groups in total. The van der Waals surface area contributed by atoms with Crippen LogP contribution in [0.15, 0.2) is 15.4 Å². The quantitative estimate of drug-likeness (QED) is 0.938. The first kappa shape index (κ1) is 15.9. The number of hydrogen-bond donors (Lipinski definition) is 1. The third-order valence-electron chi connectivity index (χ3n) is 4.71. The van der Waals surface area contributed by atoms with Crippen LogP contribution in [-0.2, 0) is 13.0 Å². The minimum absolute atomic E-state index is 0.137. The van der Waals surface area contributed by atoms with E-state index >= 15 is 0 Å². The van der Waals surface area contributed by atoms with Gasteiger partial charge in [0.15, 0.2) is 0 Å². The molecule has 124 valence electrons. The Balaban J connectivity index is 1.91. The minimum atomic E-state index is -0.137. The second kappa shape index (κ2) is 6.28. The molecule has 0 saturated heterocycles. The molecule has 0 aromatic carbocycles. The lowest BCUT2D eigenvalue weighted by Gasteiger charge is -2.21. The number of pyridine rings is 1. The Labute approximate surface area is 135 Å². The third-order valence-corrected chi connectivity index (χ3v) is 4.71. The molecule has 0 radical (unpaired) electrons. The molecule has 6 nitrogen and oxygen atoms in total. The van der Waals surface area contributed by atoms with E-state index in [1.54, 1.807) is 0 Å². The molecule has 1 aliphatic carbocycles. The zero-order chi connectivity index (χ0) is 16.6. The number of aryl methyl sites for hydroxylation is 1. The van der Waals surface area contributed by atoms with Gasteiger partial charge < -0.3 is 9.51 Å². The van der Waals surface area contributed by atoms with E-state index in [9.17, 15) is 4.79 Å². The molecule has 0 unspecified atom stereocenters. The van der Waals surface area contributed by atoms with E-state index in [0.717, 1.165) is 25.0 Å². The number of rotatable bonds is 4. The third kappa shape index (κ3) is 3.22. The highest BCUT2D eigenvalue weighted by Crippen LogP contribution is 2.30. The van der Waals surface area contributed by atoms with Gasteiger partial charge in [0.1, 0.15) is 0 Å². The van der Waals surface area contributed by atoms with Gasteiger partial charge in [-0.25, -0.2) is 0 Å². The molecule has 0 saturated carbocycles. The molecule has 1 atom stereocenters. The van der Waals surface area contributed by atoms with E-state index in [0.29, 0.717) is 35.8 Å². The number of H-pyrrole nitrogens is 1. The minimum Gasteiger partial charge on any atom is -0.338 e. The molecule has 1 aliphatic rings. The summed E-state index contributed by atoms with van der Waals surface area (Å²) >= 11 is 0. The number of nitrogens with one attached hydrogen (secondary N) is 1. The van der Waals surface area contributed by atoms with Gasteiger partial charge in [-0.15, -0.1) is 0 Å². The van der Waals surface area contributed by atoms with Crippen molar-refractivity contribution in [1.82, 2.24) is 20.0 Å². The van der Waals surface area contributed by atoms with E-state index in [2.05, 4.69) is 40.8 Å². The fourth-order valence-electron chi connectivity index (χ4n) is 2.97.